The lowest BCUT2D eigenvalue weighted by molar-refractivity contribution is -0.274. The maximum Gasteiger partial charge on any atom is 0.573 e. The zero-order valence-corrected chi connectivity index (χ0v) is 8.05. The number of carbonyl (C=O) groups is 1. The van der Waals surface area contributed by atoms with Gasteiger partial charge in [0, 0.05) is 0 Å². The fraction of sp³-hybridized carbons (Fsp3) is 0.125. The molecule has 1 aromatic carbocycles. The molecule has 0 spiro atoms. The van der Waals surface area contributed by atoms with Crippen LogP contribution in [0.15, 0.2) is 30.3 Å². The van der Waals surface area contributed by atoms with Crippen LogP contribution in [0, 0.1) is 0 Å². The first kappa shape index (κ1) is 13.6. The highest BCUT2D eigenvalue weighted by molar-refractivity contribution is 6.62. The van der Waals surface area contributed by atoms with E-state index in [-0.39, 0.29) is 5.75 Å². The second-order valence-corrected chi connectivity index (χ2v) is 2.54. The molecule has 0 radical (unpaired) electrons. The second-order valence-electron chi connectivity index (χ2n) is 2.16. The van der Waals surface area contributed by atoms with Crippen molar-refractivity contribution in [1.29, 1.82) is 0 Å². The average molecular weight is 242 g/mol. The molecule has 0 atom stereocenters. The molecule has 0 bridgehead atoms. The van der Waals surface area contributed by atoms with Gasteiger partial charge in [0.15, 0.2) is 0 Å². The van der Waals surface area contributed by atoms with Crippen molar-refractivity contribution < 1.29 is 22.7 Å². The largest absolute Gasteiger partial charge is 0.573 e. The molecule has 0 heterocycles. The Morgan fingerprint density at radius 2 is 1.67 bits per heavy atom. The molecule has 1 aromatic rings. The first-order chi connectivity index (χ1) is 6.81. The van der Waals surface area contributed by atoms with Crippen LogP contribution in [0.4, 0.5) is 18.0 Å². The fourth-order valence-corrected chi connectivity index (χ4v) is 0.622. The van der Waals surface area contributed by atoms with Crippen molar-refractivity contribution >= 4 is 17.0 Å². The number of rotatable bonds is 1. The van der Waals surface area contributed by atoms with Gasteiger partial charge in [-0.25, -0.2) is 0 Å². The smallest absolute Gasteiger partial charge is 0.406 e. The molecule has 2 N–H and O–H groups in total. The highest BCUT2D eigenvalue weighted by Crippen LogP contribution is 2.21. The average Bonchev–Trinajstić information content (AvgIpc) is 2.01. The normalized spacial score (nSPS) is 9.87. The number of alkyl halides is 3. The number of amides is 1. The lowest BCUT2D eigenvalue weighted by atomic mass is 10.3. The second kappa shape index (κ2) is 6.13. The van der Waals surface area contributed by atoms with E-state index >= 15 is 0 Å². The van der Waals surface area contributed by atoms with Gasteiger partial charge in [-0.3, -0.25) is 4.79 Å². The van der Waals surface area contributed by atoms with Crippen LogP contribution in [-0.4, -0.2) is 11.7 Å². The summed E-state index contributed by atoms with van der Waals surface area (Å²) in [4.78, 5) is 8.99. The van der Waals surface area contributed by atoms with Gasteiger partial charge in [-0.2, -0.15) is 0 Å². The van der Waals surface area contributed by atoms with Gasteiger partial charge >= 0.3 is 11.7 Å². The van der Waals surface area contributed by atoms with Crippen molar-refractivity contribution in [2.24, 2.45) is 5.73 Å². The summed E-state index contributed by atoms with van der Waals surface area (Å²) < 4.78 is 38.2. The van der Waals surface area contributed by atoms with E-state index in [1.54, 1.807) is 6.07 Å². The lowest BCUT2D eigenvalue weighted by Crippen LogP contribution is -2.16. The number of hydrogen-bond donors (Lipinski definition) is 1. The van der Waals surface area contributed by atoms with Crippen LogP contribution in [0.1, 0.15) is 0 Å². The zero-order chi connectivity index (χ0) is 11.9. The monoisotopic (exact) mass is 241 g/mol. The van der Waals surface area contributed by atoms with Crippen LogP contribution < -0.4 is 10.5 Å². The highest BCUT2D eigenvalue weighted by Gasteiger charge is 2.30. The van der Waals surface area contributed by atoms with Gasteiger partial charge < -0.3 is 10.5 Å². The van der Waals surface area contributed by atoms with E-state index in [0.29, 0.717) is 0 Å². The molecule has 1 rings (SSSR count). The molecule has 0 unspecified atom stereocenters. The Morgan fingerprint density at radius 3 is 2.00 bits per heavy atom. The van der Waals surface area contributed by atoms with E-state index in [0.717, 1.165) is 0 Å². The number of benzene rings is 1. The van der Waals surface area contributed by atoms with E-state index < -0.39 is 11.7 Å². The van der Waals surface area contributed by atoms with Crippen LogP contribution >= 0.6 is 11.6 Å². The van der Waals surface area contributed by atoms with Gasteiger partial charge in [-0.1, -0.05) is 18.2 Å². The SMILES string of the molecule is FC(F)(F)Oc1ccccc1.NC(=O)Cl. The van der Waals surface area contributed by atoms with Crippen molar-refractivity contribution in [1.82, 2.24) is 0 Å². The topological polar surface area (TPSA) is 52.3 Å². The number of ether oxygens (including phenoxy) is 1. The summed E-state index contributed by atoms with van der Waals surface area (Å²) in [6.45, 7) is 0. The Bertz CT molecular complexity index is 299. The Hall–Kier alpha value is -1.43. The Morgan fingerprint density at radius 1 is 1.27 bits per heavy atom. The summed E-state index contributed by atoms with van der Waals surface area (Å²) in [5.74, 6) is -0.194. The van der Waals surface area contributed by atoms with E-state index in [1.165, 1.54) is 24.3 Å². The van der Waals surface area contributed by atoms with E-state index in [2.05, 4.69) is 22.1 Å². The highest BCUT2D eigenvalue weighted by atomic mass is 35.5. The number of nitrogens with two attached hydrogens (primary N) is 1. The number of carbonyl (C=O) groups excluding carboxylic acids is 1. The summed E-state index contributed by atoms with van der Waals surface area (Å²) in [5, 5.41) is -0.861. The molecule has 84 valence electrons. The zero-order valence-electron chi connectivity index (χ0n) is 7.29. The summed E-state index contributed by atoms with van der Waals surface area (Å²) in [6, 6.07) is 7.05. The van der Waals surface area contributed by atoms with Crippen molar-refractivity contribution in [3.8, 4) is 5.75 Å². The standard InChI is InChI=1S/C7H5F3O.CH2ClNO/c8-7(9,10)11-6-4-2-1-3-5-6;2-1(3)4/h1-5H;(H2,3,4). The van der Waals surface area contributed by atoms with Crippen molar-refractivity contribution in [2.45, 2.75) is 6.36 Å². The molecule has 7 heteroatoms. The third-order valence-electron chi connectivity index (χ3n) is 0.977. The minimum absolute atomic E-state index is 0.194. The van der Waals surface area contributed by atoms with Gasteiger partial charge in [0.25, 0.3) is 0 Å². The molecule has 0 saturated carbocycles. The van der Waals surface area contributed by atoms with Gasteiger partial charge in [-0.05, 0) is 23.7 Å². The maximum atomic E-state index is 11.5. The molecule has 0 aliphatic carbocycles. The third-order valence-corrected chi connectivity index (χ3v) is 0.977. The quantitative estimate of drug-likeness (QED) is 0.607. The molecule has 0 aliphatic rings. The first-order valence-corrected chi connectivity index (χ1v) is 3.95. The Balaban J connectivity index is 0.000000423. The van der Waals surface area contributed by atoms with Crippen LogP contribution in [0.2, 0.25) is 0 Å². The molecule has 15 heavy (non-hydrogen) atoms. The molecule has 0 saturated heterocycles. The number of hydrogen-bond acceptors (Lipinski definition) is 2. The van der Waals surface area contributed by atoms with Gasteiger partial charge in [0.2, 0.25) is 0 Å². The van der Waals surface area contributed by atoms with Gasteiger partial charge in [0.05, 0.1) is 0 Å². The van der Waals surface area contributed by atoms with Crippen LogP contribution in [0.25, 0.3) is 0 Å². The summed E-state index contributed by atoms with van der Waals surface area (Å²) in [6.07, 6.45) is -4.60. The summed E-state index contributed by atoms with van der Waals surface area (Å²) in [5.41, 5.74) is 4.24. The van der Waals surface area contributed by atoms with Crippen molar-refractivity contribution in [3.05, 3.63) is 30.3 Å². The summed E-state index contributed by atoms with van der Waals surface area (Å²) >= 11 is 4.41. The fourth-order valence-electron chi connectivity index (χ4n) is 0.622. The number of primary amides is 1. The van der Waals surface area contributed by atoms with Crippen LogP contribution in [0.3, 0.4) is 0 Å². The molecule has 1 amide bonds. The van der Waals surface area contributed by atoms with Gasteiger partial charge in [0.1, 0.15) is 5.75 Å². The Labute approximate surface area is 88.6 Å². The van der Waals surface area contributed by atoms with Crippen LogP contribution in [-0.2, 0) is 0 Å². The van der Waals surface area contributed by atoms with E-state index in [1.807, 2.05) is 0 Å². The molecular formula is C8H7ClF3NO2. The molecular weight excluding hydrogens is 235 g/mol. The summed E-state index contributed by atoms with van der Waals surface area (Å²) in [7, 11) is 0. The van der Waals surface area contributed by atoms with E-state index in [4.69, 9.17) is 4.79 Å². The van der Waals surface area contributed by atoms with Gasteiger partial charge in [-0.15, -0.1) is 13.2 Å². The predicted molar refractivity (Wildman–Crippen MR) is 48.6 cm³/mol. The van der Waals surface area contributed by atoms with Crippen molar-refractivity contribution in [3.63, 3.8) is 0 Å². The van der Waals surface area contributed by atoms with Crippen molar-refractivity contribution in [2.75, 3.05) is 0 Å². The number of halogens is 4. The minimum atomic E-state index is -4.60. The molecule has 0 fully saturated rings. The van der Waals surface area contributed by atoms with E-state index in [9.17, 15) is 13.2 Å². The molecule has 0 aromatic heterocycles. The predicted octanol–water partition coefficient (Wildman–Crippen LogP) is 2.89. The third kappa shape index (κ3) is 10.5. The molecule has 0 aliphatic heterocycles. The van der Waals surface area contributed by atoms with Crippen LogP contribution in [0.5, 0.6) is 5.75 Å². The Kier molecular flexibility index (Phi) is 5.54. The molecule has 3 nitrogen and oxygen atoms in total. The minimum Gasteiger partial charge on any atom is -0.406 e. The maximum absolute atomic E-state index is 11.5. The first-order valence-electron chi connectivity index (χ1n) is 3.57. The number of para-hydroxylation sites is 1. The lowest BCUT2D eigenvalue weighted by Gasteiger charge is -2.07.